The Labute approximate surface area is 153 Å². The molecule has 0 unspecified atom stereocenters. The van der Waals surface area contributed by atoms with Crippen molar-refractivity contribution in [2.75, 3.05) is 0 Å². The highest BCUT2D eigenvalue weighted by molar-refractivity contribution is 5.86. The molecule has 1 fully saturated rings. The Kier molecular flexibility index (Phi) is 7.00. The number of esters is 1. The molecule has 1 saturated carbocycles. The van der Waals surface area contributed by atoms with Crippen molar-refractivity contribution in [3.8, 4) is 0 Å². The Morgan fingerprint density at radius 3 is 2.35 bits per heavy atom. The van der Waals surface area contributed by atoms with E-state index in [4.69, 9.17) is 9.47 Å². The average Bonchev–Trinajstić information content (AvgIpc) is 3.42. The van der Waals surface area contributed by atoms with Crippen LogP contribution in [-0.4, -0.2) is 36.2 Å². The molecule has 2 amide bonds. The van der Waals surface area contributed by atoms with Gasteiger partial charge in [0.2, 0.25) is 0 Å². The highest BCUT2D eigenvalue weighted by atomic mass is 16.6. The summed E-state index contributed by atoms with van der Waals surface area (Å²) in [6, 6.07) is 8.53. The Hall–Kier alpha value is -2.57. The first-order valence-corrected chi connectivity index (χ1v) is 8.85. The second kappa shape index (κ2) is 9.22. The molecule has 1 aliphatic rings. The van der Waals surface area contributed by atoms with E-state index in [0.29, 0.717) is 0 Å². The number of ether oxygens (including phenoxy) is 2. The van der Waals surface area contributed by atoms with Gasteiger partial charge in [-0.25, -0.2) is 9.59 Å². The molecule has 2 N–H and O–H groups in total. The van der Waals surface area contributed by atoms with E-state index < -0.39 is 24.2 Å². The van der Waals surface area contributed by atoms with Crippen molar-refractivity contribution in [2.45, 2.75) is 58.4 Å². The molecule has 0 spiro atoms. The van der Waals surface area contributed by atoms with Crippen LogP contribution in [0.25, 0.3) is 0 Å². The second-order valence-corrected chi connectivity index (χ2v) is 6.79. The summed E-state index contributed by atoms with van der Waals surface area (Å²) in [6.07, 6.45) is 0.289. The molecule has 2 atom stereocenters. The van der Waals surface area contributed by atoms with Crippen LogP contribution in [-0.2, 0) is 25.7 Å². The van der Waals surface area contributed by atoms with Gasteiger partial charge in [-0.15, -0.1) is 0 Å². The molecular weight excluding hydrogens is 336 g/mol. The molecule has 0 aliphatic heterocycles. The molecule has 0 radical (unpaired) electrons. The van der Waals surface area contributed by atoms with Crippen molar-refractivity contribution in [2.24, 2.45) is 5.92 Å². The first kappa shape index (κ1) is 19.8. The van der Waals surface area contributed by atoms with Gasteiger partial charge in [0.25, 0.3) is 5.91 Å². The molecule has 0 aromatic heterocycles. The lowest BCUT2D eigenvalue weighted by molar-refractivity contribution is -0.157. The standard InChI is InChI=1S/C19H26N2O5/c1-12(2)16(18(23)26-13(3)17(22)20-15-9-10-15)21-19(24)25-11-14-7-5-4-6-8-14/h4-8,12-13,15-16H,9-11H2,1-3H3,(H,20,22)(H,21,24)/t13-,16-/m0/s1. The number of nitrogens with one attached hydrogen (secondary N) is 2. The van der Waals surface area contributed by atoms with E-state index in [9.17, 15) is 14.4 Å². The SMILES string of the molecule is CC(C)[C@H](NC(=O)OCc1ccccc1)C(=O)O[C@@H](C)C(=O)NC1CC1. The summed E-state index contributed by atoms with van der Waals surface area (Å²) in [5, 5.41) is 5.29. The van der Waals surface area contributed by atoms with E-state index in [1.807, 2.05) is 30.3 Å². The summed E-state index contributed by atoms with van der Waals surface area (Å²) in [7, 11) is 0. The number of carbonyl (C=O) groups excluding carboxylic acids is 3. The minimum atomic E-state index is -0.911. The zero-order valence-corrected chi connectivity index (χ0v) is 15.4. The van der Waals surface area contributed by atoms with E-state index >= 15 is 0 Å². The van der Waals surface area contributed by atoms with Gasteiger partial charge in [0.1, 0.15) is 12.6 Å². The van der Waals surface area contributed by atoms with Gasteiger partial charge < -0.3 is 20.1 Å². The van der Waals surface area contributed by atoms with Crippen LogP contribution >= 0.6 is 0 Å². The predicted octanol–water partition coefficient (Wildman–Crippen LogP) is 2.15. The molecule has 7 heteroatoms. The van der Waals surface area contributed by atoms with Crippen LogP contribution < -0.4 is 10.6 Å². The summed E-state index contributed by atoms with van der Waals surface area (Å²) in [5.74, 6) is -1.20. The quantitative estimate of drug-likeness (QED) is 0.691. The van der Waals surface area contributed by atoms with E-state index in [-0.39, 0.29) is 24.5 Å². The lowest BCUT2D eigenvalue weighted by atomic mass is 10.1. The predicted molar refractivity (Wildman–Crippen MR) is 95.1 cm³/mol. The number of carbonyl (C=O) groups is 3. The number of rotatable bonds is 8. The smallest absolute Gasteiger partial charge is 0.408 e. The van der Waals surface area contributed by atoms with Crippen molar-refractivity contribution in [1.29, 1.82) is 0 Å². The van der Waals surface area contributed by atoms with Crippen molar-refractivity contribution in [1.82, 2.24) is 10.6 Å². The number of alkyl carbamates (subject to hydrolysis) is 1. The van der Waals surface area contributed by atoms with Crippen molar-refractivity contribution < 1.29 is 23.9 Å². The molecule has 26 heavy (non-hydrogen) atoms. The van der Waals surface area contributed by atoms with Gasteiger partial charge in [-0.2, -0.15) is 0 Å². The molecule has 1 aromatic carbocycles. The zero-order valence-electron chi connectivity index (χ0n) is 15.4. The first-order chi connectivity index (χ1) is 12.4. The summed E-state index contributed by atoms with van der Waals surface area (Å²) in [5.41, 5.74) is 0.844. The van der Waals surface area contributed by atoms with Crippen molar-refractivity contribution in [3.63, 3.8) is 0 Å². The van der Waals surface area contributed by atoms with E-state index in [2.05, 4.69) is 10.6 Å². The van der Waals surface area contributed by atoms with Crippen molar-refractivity contribution in [3.05, 3.63) is 35.9 Å². The van der Waals surface area contributed by atoms with Crippen LogP contribution in [0.5, 0.6) is 0 Å². The lowest BCUT2D eigenvalue weighted by Crippen LogP contribution is -2.48. The molecular formula is C19H26N2O5. The Balaban J connectivity index is 1.82. The van der Waals surface area contributed by atoms with E-state index in [1.165, 1.54) is 6.92 Å². The molecule has 1 aromatic rings. The molecule has 7 nitrogen and oxygen atoms in total. The fourth-order valence-electron chi connectivity index (χ4n) is 2.24. The van der Waals surface area contributed by atoms with E-state index in [0.717, 1.165) is 18.4 Å². The summed E-state index contributed by atoms with van der Waals surface area (Å²) < 4.78 is 10.3. The lowest BCUT2D eigenvalue weighted by Gasteiger charge is -2.22. The fraction of sp³-hybridized carbons (Fsp3) is 0.526. The third-order valence-electron chi connectivity index (χ3n) is 3.99. The van der Waals surface area contributed by atoms with Gasteiger partial charge in [-0.1, -0.05) is 44.2 Å². The topological polar surface area (TPSA) is 93.7 Å². The fourth-order valence-corrected chi connectivity index (χ4v) is 2.24. The normalized spacial score (nSPS) is 15.7. The second-order valence-electron chi connectivity index (χ2n) is 6.79. The van der Waals surface area contributed by atoms with Gasteiger partial charge in [-0.3, -0.25) is 4.79 Å². The minimum Gasteiger partial charge on any atom is -0.451 e. The maximum atomic E-state index is 12.3. The van der Waals surface area contributed by atoms with Gasteiger partial charge in [0, 0.05) is 6.04 Å². The largest absolute Gasteiger partial charge is 0.451 e. The van der Waals surface area contributed by atoms with Crippen LogP contribution in [0.1, 0.15) is 39.2 Å². The molecule has 142 valence electrons. The molecule has 1 aliphatic carbocycles. The van der Waals surface area contributed by atoms with Gasteiger partial charge in [0.15, 0.2) is 6.10 Å². The van der Waals surface area contributed by atoms with Crippen LogP contribution in [0, 0.1) is 5.92 Å². The number of hydrogen-bond acceptors (Lipinski definition) is 5. The molecule has 0 saturated heterocycles. The Bertz CT molecular complexity index is 628. The number of benzene rings is 1. The summed E-state index contributed by atoms with van der Waals surface area (Å²) >= 11 is 0. The highest BCUT2D eigenvalue weighted by Gasteiger charge is 2.31. The van der Waals surface area contributed by atoms with Crippen LogP contribution in [0.3, 0.4) is 0 Å². The van der Waals surface area contributed by atoms with Gasteiger partial charge >= 0.3 is 12.1 Å². The number of amides is 2. The Morgan fingerprint density at radius 1 is 1.12 bits per heavy atom. The molecule has 0 heterocycles. The maximum Gasteiger partial charge on any atom is 0.408 e. The highest BCUT2D eigenvalue weighted by Crippen LogP contribution is 2.19. The number of hydrogen-bond donors (Lipinski definition) is 2. The average molecular weight is 362 g/mol. The minimum absolute atomic E-state index is 0.104. The summed E-state index contributed by atoms with van der Waals surface area (Å²) in [6.45, 7) is 5.17. The third kappa shape index (κ3) is 6.38. The zero-order chi connectivity index (χ0) is 19.1. The van der Waals surface area contributed by atoms with Crippen molar-refractivity contribution >= 4 is 18.0 Å². The third-order valence-corrected chi connectivity index (χ3v) is 3.99. The monoisotopic (exact) mass is 362 g/mol. The van der Waals surface area contributed by atoms with Crippen LogP contribution in [0.4, 0.5) is 4.79 Å². The molecule has 2 rings (SSSR count). The maximum absolute atomic E-state index is 12.3. The van der Waals surface area contributed by atoms with Crippen LogP contribution in [0.15, 0.2) is 30.3 Å². The van der Waals surface area contributed by atoms with Gasteiger partial charge in [-0.05, 0) is 31.2 Å². The molecule has 0 bridgehead atoms. The van der Waals surface area contributed by atoms with Crippen LogP contribution in [0.2, 0.25) is 0 Å². The summed E-state index contributed by atoms with van der Waals surface area (Å²) in [4.78, 5) is 36.2. The first-order valence-electron chi connectivity index (χ1n) is 8.85. The van der Waals surface area contributed by atoms with E-state index in [1.54, 1.807) is 13.8 Å². The van der Waals surface area contributed by atoms with Gasteiger partial charge in [0.05, 0.1) is 0 Å². The Morgan fingerprint density at radius 2 is 1.77 bits per heavy atom.